The minimum absolute atomic E-state index is 0. The van der Waals surface area contributed by atoms with Crippen LogP contribution in [0.2, 0.25) is 0 Å². The molecule has 0 radical (unpaired) electrons. The maximum atomic E-state index is 4.68. The second-order valence-electron chi connectivity index (χ2n) is 0.986. The predicted octanol–water partition coefficient (Wildman–Crippen LogP) is -3.47. The van der Waals surface area contributed by atoms with Gasteiger partial charge in [0.25, 0.3) is 0 Å². The normalized spacial score (nSPS) is 14.9. The molecule has 7 heavy (non-hydrogen) atoms. The van der Waals surface area contributed by atoms with Crippen LogP contribution >= 0.6 is 0 Å². The molecule has 0 unspecified atom stereocenters. The van der Waals surface area contributed by atoms with Crippen molar-refractivity contribution >= 4 is 0 Å². The second-order valence-corrected chi connectivity index (χ2v) is 0.986. The van der Waals surface area contributed by atoms with E-state index in [-0.39, 0.29) is 24.0 Å². The van der Waals surface area contributed by atoms with Crippen LogP contribution in [0, 0.1) is 0 Å². The number of quaternary nitrogens is 1. The van der Waals surface area contributed by atoms with E-state index in [0.29, 0.717) is 0 Å². The van der Waals surface area contributed by atoms with E-state index < -0.39 is 0 Å². The summed E-state index contributed by atoms with van der Waals surface area (Å²) in [5.41, 5.74) is 1.62. The van der Waals surface area contributed by atoms with Gasteiger partial charge in [-0.25, -0.2) is 0 Å². The first-order valence-electron chi connectivity index (χ1n) is 1.80. The van der Waals surface area contributed by atoms with Gasteiger partial charge in [0.05, 0.1) is 0 Å². The molecule has 0 fully saturated rings. The SMILES string of the molecule is C1=C[NH2+]OC=C1.[I-]. The lowest BCUT2D eigenvalue weighted by atomic mass is 10.6. The quantitative estimate of drug-likeness (QED) is 0.414. The van der Waals surface area contributed by atoms with Gasteiger partial charge in [0.1, 0.15) is 6.20 Å². The van der Waals surface area contributed by atoms with Crippen LogP contribution < -0.4 is 29.5 Å². The summed E-state index contributed by atoms with van der Waals surface area (Å²) in [6.07, 6.45) is 7.20. The van der Waals surface area contributed by atoms with Crippen LogP contribution in [0.15, 0.2) is 24.6 Å². The Morgan fingerprint density at radius 3 is 2.29 bits per heavy atom. The third-order valence-corrected chi connectivity index (χ3v) is 0.536. The average molecular weight is 211 g/mol. The van der Waals surface area contributed by atoms with Gasteiger partial charge >= 0.3 is 0 Å². The minimum atomic E-state index is 0. The lowest BCUT2D eigenvalue weighted by Gasteiger charge is -1.90. The largest absolute Gasteiger partial charge is 1.00 e. The summed E-state index contributed by atoms with van der Waals surface area (Å²) in [5, 5.41) is 0. The van der Waals surface area contributed by atoms with Crippen molar-refractivity contribution in [3.63, 3.8) is 0 Å². The molecule has 0 aromatic carbocycles. The Morgan fingerprint density at radius 1 is 1.29 bits per heavy atom. The summed E-state index contributed by atoms with van der Waals surface area (Å²) >= 11 is 0. The summed E-state index contributed by atoms with van der Waals surface area (Å²) in [6, 6.07) is 0. The third kappa shape index (κ3) is 2.64. The lowest BCUT2D eigenvalue weighted by Crippen LogP contribution is -3.00. The standard InChI is InChI=1S/C4H5NO.HI/c1-2-4-6-5-3-1;/h1-5H;1H. The number of halogens is 1. The van der Waals surface area contributed by atoms with E-state index >= 15 is 0 Å². The molecule has 0 saturated carbocycles. The summed E-state index contributed by atoms with van der Waals surface area (Å²) in [7, 11) is 0. The number of hydrogen-bond donors (Lipinski definition) is 1. The Labute approximate surface area is 59.2 Å². The van der Waals surface area contributed by atoms with Crippen molar-refractivity contribution in [3.8, 4) is 0 Å². The van der Waals surface area contributed by atoms with Crippen molar-refractivity contribution in [2.45, 2.75) is 0 Å². The van der Waals surface area contributed by atoms with Crippen LogP contribution in [-0.2, 0) is 4.84 Å². The van der Waals surface area contributed by atoms with Gasteiger partial charge in [-0.05, 0) is 12.2 Å². The molecule has 40 valence electrons. The van der Waals surface area contributed by atoms with Gasteiger partial charge in [0.2, 0.25) is 0 Å². The fourth-order valence-electron chi connectivity index (χ4n) is 0.291. The van der Waals surface area contributed by atoms with Crippen LogP contribution in [0.4, 0.5) is 0 Å². The summed E-state index contributed by atoms with van der Waals surface area (Å²) in [4.78, 5) is 4.68. The van der Waals surface area contributed by atoms with Crippen LogP contribution in [0.1, 0.15) is 0 Å². The molecule has 0 aromatic heterocycles. The van der Waals surface area contributed by atoms with E-state index in [4.69, 9.17) is 0 Å². The Bertz CT molecular complexity index is 77.7. The highest BCUT2D eigenvalue weighted by Gasteiger charge is 1.78. The molecule has 0 atom stereocenters. The number of hydroxylamine groups is 1. The van der Waals surface area contributed by atoms with Gasteiger partial charge in [0.15, 0.2) is 6.26 Å². The Balaban J connectivity index is 0.000000360. The summed E-state index contributed by atoms with van der Waals surface area (Å²) in [6.45, 7) is 0. The number of nitrogens with two attached hydrogens (primary N) is 1. The highest BCUT2D eigenvalue weighted by Crippen LogP contribution is 1.73. The molecular weight excluding hydrogens is 205 g/mol. The van der Waals surface area contributed by atoms with Crippen molar-refractivity contribution in [1.29, 1.82) is 0 Å². The van der Waals surface area contributed by atoms with Gasteiger partial charge in [-0.1, -0.05) is 0 Å². The van der Waals surface area contributed by atoms with Crippen LogP contribution in [0.25, 0.3) is 0 Å². The molecule has 1 heterocycles. The van der Waals surface area contributed by atoms with Gasteiger partial charge in [0, 0.05) is 0 Å². The summed E-state index contributed by atoms with van der Waals surface area (Å²) < 4.78 is 0. The summed E-state index contributed by atoms with van der Waals surface area (Å²) in [5.74, 6) is 0. The maximum Gasteiger partial charge on any atom is 0.155 e. The second kappa shape index (κ2) is 4.14. The molecular formula is C4H6INO. The third-order valence-electron chi connectivity index (χ3n) is 0.536. The van der Waals surface area contributed by atoms with E-state index in [1.54, 1.807) is 11.7 Å². The zero-order chi connectivity index (χ0) is 4.24. The molecule has 0 amide bonds. The number of hydrogen-bond acceptors (Lipinski definition) is 1. The van der Waals surface area contributed by atoms with Gasteiger partial charge in [-0.3, -0.25) is 0 Å². The van der Waals surface area contributed by atoms with Crippen LogP contribution in [0.5, 0.6) is 0 Å². The zero-order valence-corrected chi connectivity index (χ0v) is 5.83. The van der Waals surface area contributed by atoms with Crippen molar-refractivity contribution in [3.05, 3.63) is 24.6 Å². The van der Waals surface area contributed by atoms with Gasteiger partial charge in [-0.2, -0.15) is 0 Å². The smallest absolute Gasteiger partial charge is 0.155 e. The molecule has 0 aliphatic carbocycles. The highest BCUT2D eigenvalue weighted by atomic mass is 127. The van der Waals surface area contributed by atoms with Crippen molar-refractivity contribution in [2.75, 3.05) is 0 Å². The molecule has 0 saturated heterocycles. The van der Waals surface area contributed by atoms with Gasteiger partial charge < -0.3 is 28.8 Å². The topological polar surface area (TPSA) is 25.8 Å². The van der Waals surface area contributed by atoms with E-state index in [0.717, 1.165) is 0 Å². The van der Waals surface area contributed by atoms with Crippen LogP contribution in [-0.4, -0.2) is 0 Å². The highest BCUT2D eigenvalue weighted by molar-refractivity contribution is 4.95. The first-order chi connectivity index (χ1) is 3.00. The maximum absolute atomic E-state index is 4.68. The fourth-order valence-corrected chi connectivity index (χ4v) is 0.291. The molecule has 0 spiro atoms. The Kier molecular flexibility index (Phi) is 4.12. The molecule has 1 rings (SSSR count). The van der Waals surface area contributed by atoms with Gasteiger partial charge in [-0.15, -0.1) is 5.48 Å². The molecule has 3 heteroatoms. The van der Waals surface area contributed by atoms with Crippen molar-refractivity contribution in [2.24, 2.45) is 0 Å². The Hall–Kier alpha value is -0.0300. The average Bonchev–Trinajstić information content (AvgIpc) is 1.72. The van der Waals surface area contributed by atoms with E-state index in [2.05, 4.69) is 4.84 Å². The van der Waals surface area contributed by atoms with Crippen molar-refractivity contribution in [1.82, 2.24) is 0 Å². The predicted molar refractivity (Wildman–Crippen MR) is 21.3 cm³/mol. The van der Waals surface area contributed by atoms with Crippen LogP contribution in [0.3, 0.4) is 0 Å². The molecule has 0 bridgehead atoms. The monoisotopic (exact) mass is 211 g/mol. The molecule has 1 aliphatic heterocycles. The number of rotatable bonds is 0. The number of allylic oxidation sites excluding steroid dienone is 2. The molecule has 2 nitrogen and oxygen atoms in total. The first-order valence-corrected chi connectivity index (χ1v) is 1.80. The van der Waals surface area contributed by atoms with Crippen molar-refractivity contribution < 1.29 is 34.3 Å². The van der Waals surface area contributed by atoms with E-state index in [1.807, 2.05) is 18.4 Å². The minimum Gasteiger partial charge on any atom is -1.00 e. The fraction of sp³-hybridized carbons (Fsp3) is 0. The van der Waals surface area contributed by atoms with E-state index in [1.165, 1.54) is 0 Å². The molecule has 0 aromatic rings. The Morgan fingerprint density at radius 2 is 2.14 bits per heavy atom. The lowest BCUT2D eigenvalue weighted by molar-refractivity contribution is -0.833. The zero-order valence-electron chi connectivity index (χ0n) is 3.67. The first kappa shape index (κ1) is 6.97. The molecule has 1 aliphatic rings. The molecule has 2 N–H and O–H groups in total. The van der Waals surface area contributed by atoms with E-state index in [9.17, 15) is 0 Å².